The molecule has 0 fully saturated rings. The fourth-order valence-electron chi connectivity index (χ4n) is 1.48. The molecule has 3 heteroatoms. The van der Waals surface area contributed by atoms with Gasteiger partial charge in [0, 0.05) is 5.02 Å². The summed E-state index contributed by atoms with van der Waals surface area (Å²) < 4.78 is 5.75. The van der Waals surface area contributed by atoms with Gasteiger partial charge in [-0.1, -0.05) is 29.8 Å². The summed E-state index contributed by atoms with van der Waals surface area (Å²) >= 11 is 5.82. The maximum absolute atomic E-state index is 5.82. The van der Waals surface area contributed by atoms with E-state index >= 15 is 0 Å². The van der Waals surface area contributed by atoms with Crippen LogP contribution in [0.1, 0.15) is 11.1 Å². The third-order valence-electron chi connectivity index (χ3n) is 2.70. The maximum atomic E-state index is 5.82. The Balaban J connectivity index is 2.07. The minimum absolute atomic E-state index is 0.331. The first-order valence-electron chi connectivity index (χ1n) is 5.41. The largest absolute Gasteiger partial charge is 0.536 e. The van der Waals surface area contributed by atoms with Crippen LogP contribution in [-0.4, -0.2) is 9.76 Å². The molecule has 2 radical (unpaired) electrons. The molecule has 2 aromatic rings. The number of hydrogen-bond acceptors (Lipinski definition) is 1. The monoisotopic (exact) mass is 260 g/mol. The molecule has 0 spiro atoms. The lowest BCUT2D eigenvalue weighted by atomic mass is 10.1. The number of halogens is 1. The smallest absolute Gasteiger partial charge is 0.351 e. The van der Waals surface area contributed by atoms with Gasteiger partial charge in [-0.3, -0.25) is 0 Å². The van der Waals surface area contributed by atoms with E-state index < -0.39 is 0 Å². The Morgan fingerprint density at radius 2 is 1.71 bits per heavy atom. The Labute approximate surface area is 109 Å². The van der Waals surface area contributed by atoms with Gasteiger partial charge >= 0.3 is 9.76 Å². The molecule has 2 rings (SSSR count). The Hall–Kier alpha value is -1.25. The van der Waals surface area contributed by atoms with E-state index in [2.05, 4.69) is 32.0 Å². The van der Waals surface area contributed by atoms with Crippen LogP contribution in [0.25, 0.3) is 0 Å². The lowest BCUT2D eigenvalue weighted by Crippen LogP contribution is -2.23. The molecule has 17 heavy (non-hydrogen) atoms. The highest BCUT2D eigenvalue weighted by molar-refractivity contribution is 6.48. The fraction of sp³-hybridized carbons (Fsp3) is 0.143. The van der Waals surface area contributed by atoms with Crippen molar-refractivity contribution in [3.63, 3.8) is 0 Å². The molecule has 0 unspecified atom stereocenters. The van der Waals surface area contributed by atoms with E-state index in [9.17, 15) is 0 Å². The zero-order valence-electron chi connectivity index (χ0n) is 9.83. The van der Waals surface area contributed by atoms with Gasteiger partial charge in [0.2, 0.25) is 0 Å². The lowest BCUT2D eigenvalue weighted by molar-refractivity contribution is 0.604. The van der Waals surface area contributed by atoms with E-state index in [1.807, 2.05) is 24.3 Å². The van der Waals surface area contributed by atoms with Crippen LogP contribution in [0.4, 0.5) is 0 Å². The zero-order chi connectivity index (χ0) is 12.3. The van der Waals surface area contributed by atoms with Gasteiger partial charge in [0.05, 0.1) is 0 Å². The van der Waals surface area contributed by atoms with Crippen molar-refractivity contribution in [2.45, 2.75) is 13.8 Å². The fourth-order valence-corrected chi connectivity index (χ4v) is 2.48. The van der Waals surface area contributed by atoms with E-state index in [4.69, 9.17) is 16.0 Å². The van der Waals surface area contributed by atoms with Gasteiger partial charge in [0.15, 0.2) is 0 Å². The van der Waals surface area contributed by atoms with E-state index in [1.165, 1.54) is 16.3 Å². The second kappa shape index (κ2) is 5.39. The molecular weight excluding hydrogens is 248 g/mol. The van der Waals surface area contributed by atoms with Gasteiger partial charge in [-0.15, -0.1) is 0 Å². The average Bonchev–Trinajstić information content (AvgIpc) is 2.33. The van der Waals surface area contributed by atoms with Crippen LogP contribution in [-0.2, 0) is 0 Å². The highest BCUT2D eigenvalue weighted by Gasteiger charge is 2.04. The summed E-state index contributed by atoms with van der Waals surface area (Å²) in [6.07, 6.45) is 0. The lowest BCUT2D eigenvalue weighted by Gasteiger charge is -2.08. The van der Waals surface area contributed by atoms with E-state index in [-0.39, 0.29) is 0 Å². The molecule has 0 atom stereocenters. The first kappa shape index (κ1) is 12.2. The van der Waals surface area contributed by atoms with Crippen LogP contribution < -0.4 is 9.61 Å². The van der Waals surface area contributed by atoms with Crippen LogP contribution in [0.2, 0.25) is 5.02 Å². The molecule has 0 saturated heterocycles. The molecule has 0 aliphatic carbocycles. The molecule has 0 heterocycles. The minimum atomic E-state index is 0.331. The van der Waals surface area contributed by atoms with Gasteiger partial charge in [0.25, 0.3) is 0 Å². The van der Waals surface area contributed by atoms with Crippen molar-refractivity contribution in [3.05, 3.63) is 58.6 Å². The van der Waals surface area contributed by atoms with E-state index in [0.29, 0.717) is 9.76 Å². The molecule has 0 aliphatic heterocycles. The summed E-state index contributed by atoms with van der Waals surface area (Å²) in [5.74, 6) is 0.855. The normalized spacial score (nSPS) is 10.3. The molecule has 0 N–H and O–H groups in total. The topological polar surface area (TPSA) is 9.23 Å². The van der Waals surface area contributed by atoms with Crippen LogP contribution in [0.3, 0.4) is 0 Å². The summed E-state index contributed by atoms with van der Waals surface area (Å²) in [5, 5.41) is 1.98. The predicted molar refractivity (Wildman–Crippen MR) is 73.4 cm³/mol. The molecule has 0 bridgehead atoms. The summed E-state index contributed by atoms with van der Waals surface area (Å²) in [4.78, 5) is 0. The molecule has 86 valence electrons. The standard InChI is InChI=1S/C14H13ClOSi/c1-10-4-3-5-14(11(10)2)17-16-13-8-6-12(15)7-9-13/h3-9H,1-2H3. The SMILES string of the molecule is Cc1cccc([Si]Oc2ccc(Cl)cc2)c1C. The third kappa shape index (κ3) is 3.11. The number of hydrogen-bond donors (Lipinski definition) is 0. The number of aryl methyl sites for hydroxylation is 1. The number of benzene rings is 2. The van der Waals surface area contributed by atoms with E-state index in [1.54, 1.807) is 0 Å². The second-order valence-electron chi connectivity index (χ2n) is 3.91. The van der Waals surface area contributed by atoms with Crippen molar-refractivity contribution >= 4 is 26.6 Å². The summed E-state index contributed by atoms with van der Waals surface area (Å²) in [5.41, 5.74) is 2.61. The van der Waals surface area contributed by atoms with Crippen LogP contribution >= 0.6 is 11.6 Å². The summed E-state index contributed by atoms with van der Waals surface area (Å²) in [7, 11) is 0.331. The summed E-state index contributed by atoms with van der Waals surface area (Å²) in [6, 6.07) is 13.7. The second-order valence-corrected chi connectivity index (χ2v) is 5.29. The van der Waals surface area contributed by atoms with Gasteiger partial charge in [0.1, 0.15) is 5.75 Å². The Morgan fingerprint density at radius 3 is 2.41 bits per heavy atom. The van der Waals surface area contributed by atoms with Crippen molar-refractivity contribution in [1.82, 2.24) is 0 Å². The highest BCUT2D eigenvalue weighted by Crippen LogP contribution is 2.15. The van der Waals surface area contributed by atoms with Crippen molar-refractivity contribution in [1.29, 1.82) is 0 Å². The molecule has 0 aromatic heterocycles. The molecule has 0 aliphatic rings. The molecular formula is C14H13ClOSi. The molecule has 1 nitrogen and oxygen atoms in total. The Bertz CT molecular complexity index is 508. The van der Waals surface area contributed by atoms with Crippen molar-refractivity contribution in [3.8, 4) is 5.75 Å². The van der Waals surface area contributed by atoms with Gasteiger partial charge in [-0.05, 0) is 54.4 Å². The van der Waals surface area contributed by atoms with Crippen molar-refractivity contribution in [2.24, 2.45) is 0 Å². The first-order valence-corrected chi connectivity index (χ1v) is 6.70. The molecule has 0 amide bonds. The predicted octanol–water partition coefficient (Wildman–Crippen LogP) is 3.28. The Morgan fingerprint density at radius 1 is 1.00 bits per heavy atom. The van der Waals surface area contributed by atoms with Crippen LogP contribution in [0, 0.1) is 13.8 Å². The molecule has 2 aromatic carbocycles. The van der Waals surface area contributed by atoms with Crippen molar-refractivity contribution < 1.29 is 4.43 Å². The maximum Gasteiger partial charge on any atom is 0.351 e. The summed E-state index contributed by atoms with van der Waals surface area (Å²) in [6.45, 7) is 4.24. The first-order chi connectivity index (χ1) is 8.16. The van der Waals surface area contributed by atoms with Crippen LogP contribution in [0.15, 0.2) is 42.5 Å². The van der Waals surface area contributed by atoms with Gasteiger partial charge < -0.3 is 4.43 Å². The van der Waals surface area contributed by atoms with Crippen LogP contribution in [0.5, 0.6) is 5.75 Å². The van der Waals surface area contributed by atoms with Crippen molar-refractivity contribution in [2.75, 3.05) is 0 Å². The third-order valence-corrected chi connectivity index (χ3v) is 4.05. The van der Waals surface area contributed by atoms with Gasteiger partial charge in [-0.25, -0.2) is 0 Å². The zero-order valence-corrected chi connectivity index (χ0v) is 11.6. The van der Waals surface area contributed by atoms with Gasteiger partial charge in [-0.2, -0.15) is 0 Å². The highest BCUT2D eigenvalue weighted by atomic mass is 35.5. The molecule has 0 saturated carbocycles. The minimum Gasteiger partial charge on any atom is -0.536 e. The number of rotatable bonds is 3. The van der Waals surface area contributed by atoms with E-state index in [0.717, 1.165) is 10.8 Å². The average molecular weight is 261 g/mol. The quantitative estimate of drug-likeness (QED) is 0.770. The Kier molecular flexibility index (Phi) is 3.87.